The first kappa shape index (κ1) is 33.0. The van der Waals surface area contributed by atoms with Gasteiger partial charge in [0, 0.05) is 23.1 Å². The molecule has 1 heterocycles. The third kappa shape index (κ3) is 7.26. The number of methoxy groups -OCH3 is 1. The molecule has 1 unspecified atom stereocenters. The maximum absolute atomic E-state index is 14.6. The Labute approximate surface area is 242 Å². The average molecular weight is 593 g/mol. The molecule has 7 nitrogen and oxygen atoms in total. The fourth-order valence-corrected chi connectivity index (χ4v) is 4.22. The second kappa shape index (κ2) is 12.8. The molecule has 0 aliphatic rings. The van der Waals surface area contributed by atoms with Crippen molar-refractivity contribution in [2.45, 2.75) is 64.0 Å². The minimum absolute atomic E-state index is 0.0296. The molecule has 0 amide bonds. The molecular formula is C31H36F4N2O5. The van der Waals surface area contributed by atoms with Crippen LogP contribution in [-0.4, -0.2) is 54.0 Å². The summed E-state index contributed by atoms with van der Waals surface area (Å²) in [5, 5.41) is 23.7. The molecule has 0 saturated carbocycles. The quantitative estimate of drug-likeness (QED) is 0.180. The van der Waals surface area contributed by atoms with Gasteiger partial charge in [-0.2, -0.15) is 13.2 Å². The number of Topliss-reactive ketones (excluding diaryl/α,β-unsaturated/α-hetero) is 1. The summed E-state index contributed by atoms with van der Waals surface area (Å²) in [5.41, 5.74) is -3.76. The number of aliphatic hydroxyl groups is 2. The van der Waals surface area contributed by atoms with Crippen LogP contribution < -0.4 is 14.8 Å². The van der Waals surface area contributed by atoms with Crippen LogP contribution in [-0.2, 0) is 11.1 Å². The number of carbonyl (C=O) groups excluding carboxylic acids is 1. The van der Waals surface area contributed by atoms with E-state index in [1.165, 1.54) is 63.4 Å². The van der Waals surface area contributed by atoms with E-state index in [0.29, 0.717) is 11.1 Å². The summed E-state index contributed by atoms with van der Waals surface area (Å²) in [7, 11) is 2.98. The molecule has 0 radical (unpaired) electrons. The van der Waals surface area contributed by atoms with Crippen molar-refractivity contribution in [1.29, 1.82) is 0 Å². The fourth-order valence-electron chi connectivity index (χ4n) is 4.22. The number of ether oxygens (including phenoxy) is 2. The number of benzene rings is 2. The number of nitrogens with one attached hydrogen (secondary N) is 1. The van der Waals surface area contributed by atoms with Gasteiger partial charge in [-0.15, -0.1) is 0 Å². The molecule has 0 saturated heterocycles. The van der Waals surface area contributed by atoms with Crippen molar-refractivity contribution in [1.82, 2.24) is 10.3 Å². The molecule has 0 fully saturated rings. The summed E-state index contributed by atoms with van der Waals surface area (Å²) in [5.74, 6) is -0.733. The van der Waals surface area contributed by atoms with Crippen LogP contribution >= 0.6 is 0 Å². The minimum atomic E-state index is -5.19. The van der Waals surface area contributed by atoms with Crippen LogP contribution in [0.2, 0.25) is 0 Å². The summed E-state index contributed by atoms with van der Waals surface area (Å²) < 4.78 is 68.4. The molecule has 11 heteroatoms. The highest BCUT2D eigenvalue weighted by Gasteiger charge is 2.56. The van der Waals surface area contributed by atoms with Crippen LogP contribution in [0.3, 0.4) is 0 Å². The second-order valence-electron chi connectivity index (χ2n) is 10.8. The zero-order chi connectivity index (χ0) is 31.5. The number of hydrogen-bond donors (Lipinski definition) is 3. The maximum atomic E-state index is 14.6. The summed E-state index contributed by atoms with van der Waals surface area (Å²) in [6.45, 7) is 6.53. The number of hydrogen-bond acceptors (Lipinski definition) is 7. The molecule has 42 heavy (non-hydrogen) atoms. The molecule has 228 valence electrons. The number of nitrogens with zero attached hydrogens (tertiary/aromatic N) is 1. The second-order valence-corrected chi connectivity index (χ2v) is 10.8. The Kier molecular flexibility index (Phi) is 10.0. The number of rotatable bonds is 12. The van der Waals surface area contributed by atoms with E-state index in [-0.39, 0.29) is 34.9 Å². The highest BCUT2D eigenvalue weighted by molar-refractivity contribution is 5.96. The number of aliphatic hydroxyl groups excluding tert-OH is 1. The van der Waals surface area contributed by atoms with Gasteiger partial charge in [0.2, 0.25) is 5.60 Å². The average Bonchev–Trinajstić information content (AvgIpc) is 2.94. The highest BCUT2D eigenvalue weighted by Crippen LogP contribution is 2.44. The SMILES string of the molecule is CNC(C)(C)c1cc(-c2ccc(F)c(C)c2)nc(C(O)(CCC(=O)c2ccc(OC[C@@H](C)O)c(OC)c2)C(F)(F)F)c1. The molecule has 0 aliphatic carbocycles. The highest BCUT2D eigenvalue weighted by atomic mass is 19.4. The van der Waals surface area contributed by atoms with Gasteiger partial charge in [0.15, 0.2) is 17.3 Å². The zero-order valence-electron chi connectivity index (χ0n) is 24.4. The number of ketones is 1. The molecule has 2 aromatic carbocycles. The summed E-state index contributed by atoms with van der Waals surface area (Å²) >= 11 is 0. The lowest BCUT2D eigenvalue weighted by molar-refractivity contribution is -0.270. The van der Waals surface area contributed by atoms with E-state index >= 15 is 0 Å². The fraction of sp³-hybridized carbons (Fsp3) is 0.419. The van der Waals surface area contributed by atoms with Gasteiger partial charge in [0.05, 0.1) is 24.6 Å². The third-order valence-corrected chi connectivity index (χ3v) is 7.20. The zero-order valence-corrected chi connectivity index (χ0v) is 24.4. The topological polar surface area (TPSA) is 101 Å². The van der Waals surface area contributed by atoms with Gasteiger partial charge in [0.1, 0.15) is 12.4 Å². The number of pyridine rings is 1. The monoisotopic (exact) mass is 592 g/mol. The van der Waals surface area contributed by atoms with Crippen molar-refractivity contribution in [3.05, 3.63) is 76.7 Å². The first-order valence-corrected chi connectivity index (χ1v) is 13.3. The van der Waals surface area contributed by atoms with Gasteiger partial charge >= 0.3 is 6.18 Å². The largest absolute Gasteiger partial charge is 0.493 e. The van der Waals surface area contributed by atoms with Gasteiger partial charge in [-0.25, -0.2) is 9.37 Å². The van der Waals surface area contributed by atoms with Gasteiger partial charge in [0.25, 0.3) is 0 Å². The Morgan fingerprint density at radius 3 is 2.33 bits per heavy atom. The molecule has 3 rings (SSSR count). The van der Waals surface area contributed by atoms with Crippen LogP contribution in [0.15, 0.2) is 48.5 Å². The van der Waals surface area contributed by atoms with Crippen molar-refractivity contribution >= 4 is 5.78 Å². The van der Waals surface area contributed by atoms with E-state index in [4.69, 9.17) is 9.47 Å². The van der Waals surface area contributed by atoms with Gasteiger partial charge in [-0.3, -0.25) is 4.79 Å². The maximum Gasteiger partial charge on any atom is 0.422 e. The summed E-state index contributed by atoms with van der Waals surface area (Å²) in [6.07, 6.45) is -7.61. The van der Waals surface area contributed by atoms with Crippen molar-refractivity contribution in [3.8, 4) is 22.8 Å². The third-order valence-electron chi connectivity index (χ3n) is 7.20. The summed E-state index contributed by atoms with van der Waals surface area (Å²) in [6, 6.07) is 11.0. The van der Waals surface area contributed by atoms with Crippen LogP contribution in [0, 0.1) is 12.7 Å². The van der Waals surface area contributed by atoms with E-state index in [2.05, 4.69) is 10.3 Å². The van der Waals surface area contributed by atoms with E-state index in [1.807, 2.05) is 0 Å². The number of aryl methyl sites for hydroxylation is 1. The number of aromatic nitrogens is 1. The molecule has 3 aromatic rings. The van der Waals surface area contributed by atoms with E-state index < -0.39 is 53.6 Å². The van der Waals surface area contributed by atoms with E-state index in [0.717, 1.165) is 0 Å². The number of carbonyl (C=O) groups is 1. The van der Waals surface area contributed by atoms with E-state index in [9.17, 15) is 32.6 Å². The smallest absolute Gasteiger partial charge is 0.422 e. The Morgan fingerprint density at radius 2 is 1.76 bits per heavy atom. The molecular weight excluding hydrogens is 556 g/mol. The van der Waals surface area contributed by atoms with Gasteiger partial charge < -0.3 is 25.0 Å². The van der Waals surface area contributed by atoms with Crippen molar-refractivity contribution < 1.29 is 42.0 Å². The van der Waals surface area contributed by atoms with Crippen LogP contribution in [0.1, 0.15) is 60.8 Å². The summed E-state index contributed by atoms with van der Waals surface area (Å²) in [4.78, 5) is 17.2. The number of halogens is 4. The normalized spacial score (nSPS) is 14.3. The molecule has 0 spiro atoms. The predicted octanol–water partition coefficient (Wildman–Crippen LogP) is 5.83. The van der Waals surface area contributed by atoms with E-state index in [1.54, 1.807) is 27.0 Å². The van der Waals surface area contributed by atoms with Crippen molar-refractivity contribution in [2.24, 2.45) is 0 Å². The lowest BCUT2D eigenvalue weighted by Crippen LogP contribution is -2.44. The molecule has 0 aliphatic heterocycles. The number of alkyl halides is 3. The molecule has 1 aromatic heterocycles. The first-order chi connectivity index (χ1) is 19.5. The minimum Gasteiger partial charge on any atom is -0.493 e. The van der Waals surface area contributed by atoms with Crippen LogP contribution in [0.5, 0.6) is 11.5 Å². The van der Waals surface area contributed by atoms with Crippen LogP contribution in [0.4, 0.5) is 17.6 Å². The lowest BCUT2D eigenvalue weighted by Gasteiger charge is -2.32. The van der Waals surface area contributed by atoms with Crippen molar-refractivity contribution in [2.75, 3.05) is 20.8 Å². The Morgan fingerprint density at radius 1 is 1.07 bits per heavy atom. The Balaban J connectivity index is 2.03. The van der Waals surface area contributed by atoms with Gasteiger partial charge in [-0.05, 0) is 101 Å². The lowest BCUT2D eigenvalue weighted by atomic mass is 9.86. The standard InChI is InChI=1S/C31H36F4N2O5/c1-18-13-20(7-9-23(18)32)24-15-22(29(3,4)36-5)16-28(37-24)30(40,31(33,34)35)12-11-25(39)21-8-10-26(27(14-21)41-6)42-17-19(2)38/h7-10,13-16,19,36,38,40H,11-12,17H2,1-6H3/t19-,30?/m1/s1. The Bertz CT molecular complexity index is 1420. The predicted molar refractivity (Wildman–Crippen MR) is 150 cm³/mol. The molecule has 2 atom stereocenters. The molecule has 0 bridgehead atoms. The van der Waals surface area contributed by atoms with Gasteiger partial charge in [-0.1, -0.05) is 0 Å². The molecule has 3 N–H and O–H groups in total. The van der Waals surface area contributed by atoms with Crippen molar-refractivity contribution in [3.63, 3.8) is 0 Å². The van der Waals surface area contributed by atoms with Crippen LogP contribution in [0.25, 0.3) is 11.3 Å². The Hall–Kier alpha value is -3.54. The first-order valence-electron chi connectivity index (χ1n) is 13.3.